The Balaban J connectivity index is 1.66. The summed E-state index contributed by atoms with van der Waals surface area (Å²) in [5, 5.41) is 15.3. The van der Waals surface area contributed by atoms with Gasteiger partial charge in [0.05, 0.1) is 0 Å². The highest BCUT2D eigenvalue weighted by Crippen LogP contribution is 2.46. The Bertz CT molecular complexity index is 1320. The fourth-order valence-electron chi connectivity index (χ4n) is 3.55. The van der Waals surface area contributed by atoms with Gasteiger partial charge in [0.15, 0.2) is 11.4 Å². The van der Waals surface area contributed by atoms with Gasteiger partial charge in [0.25, 0.3) is 0 Å². The molecular formula is C26H22ClF3N2O3. The molecule has 0 aliphatic heterocycles. The first-order valence-corrected chi connectivity index (χ1v) is 11.1. The molecule has 0 unspecified atom stereocenters. The van der Waals surface area contributed by atoms with Gasteiger partial charge < -0.3 is 14.6 Å². The van der Waals surface area contributed by atoms with Gasteiger partial charge in [-0.3, -0.25) is 4.68 Å². The predicted molar refractivity (Wildman–Crippen MR) is 127 cm³/mol. The van der Waals surface area contributed by atoms with Crippen molar-refractivity contribution in [2.75, 3.05) is 0 Å². The van der Waals surface area contributed by atoms with E-state index in [0.717, 1.165) is 17.5 Å². The molecule has 0 aliphatic carbocycles. The van der Waals surface area contributed by atoms with Gasteiger partial charge in [0.2, 0.25) is 0 Å². The number of rotatable bonds is 7. The molecule has 4 aromatic rings. The molecule has 4 rings (SSSR count). The SMILES string of the molecule is CCc1ccc(Oc2c(-c3ccc(OCc4ccc(Cl)cc4)cc3O)nn(C)c2C(F)(F)F)cc1. The van der Waals surface area contributed by atoms with Crippen molar-refractivity contribution in [3.63, 3.8) is 0 Å². The highest BCUT2D eigenvalue weighted by Gasteiger charge is 2.41. The number of alkyl halides is 3. The minimum atomic E-state index is -4.73. The van der Waals surface area contributed by atoms with Crippen LogP contribution in [0.1, 0.15) is 23.7 Å². The molecule has 0 radical (unpaired) electrons. The Kier molecular flexibility index (Phi) is 6.93. The van der Waals surface area contributed by atoms with E-state index in [0.29, 0.717) is 15.5 Å². The maximum atomic E-state index is 13.9. The van der Waals surface area contributed by atoms with E-state index in [1.165, 1.54) is 19.2 Å². The largest absolute Gasteiger partial charge is 0.507 e. The topological polar surface area (TPSA) is 56.5 Å². The van der Waals surface area contributed by atoms with Gasteiger partial charge in [0.1, 0.15) is 29.5 Å². The van der Waals surface area contributed by atoms with E-state index < -0.39 is 17.6 Å². The van der Waals surface area contributed by atoms with Crippen LogP contribution >= 0.6 is 11.6 Å². The van der Waals surface area contributed by atoms with Gasteiger partial charge in [-0.15, -0.1) is 0 Å². The smallest absolute Gasteiger partial charge is 0.436 e. The molecule has 0 spiro atoms. The Morgan fingerprint density at radius 2 is 1.57 bits per heavy atom. The average molecular weight is 503 g/mol. The molecule has 3 aromatic carbocycles. The fraction of sp³-hybridized carbons (Fsp3) is 0.192. The van der Waals surface area contributed by atoms with Crippen molar-refractivity contribution in [1.29, 1.82) is 0 Å². The van der Waals surface area contributed by atoms with Crippen LogP contribution in [0.2, 0.25) is 5.02 Å². The Labute approximate surface area is 205 Å². The van der Waals surface area contributed by atoms with Crippen molar-refractivity contribution in [2.24, 2.45) is 7.05 Å². The van der Waals surface area contributed by atoms with Gasteiger partial charge in [-0.25, -0.2) is 0 Å². The third-order valence-corrected chi connectivity index (χ3v) is 5.62. The van der Waals surface area contributed by atoms with Crippen LogP contribution in [0.25, 0.3) is 11.3 Å². The van der Waals surface area contributed by atoms with E-state index in [4.69, 9.17) is 21.1 Å². The fourth-order valence-corrected chi connectivity index (χ4v) is 3.68. The van der Waals surface area contributed by atoms with E-state index in [1.807, 2.05) is 6.92 Å². The number of aromatic hydroxyl groups is 1. The van der Waals surface area contributed by atoms with E-state index in [-0.39, 0.29) is 29.4 Å². The first-order chi connectivity index (χ1) is 16.7. The van der Waals surface area contributed by atoms with Crippen molar-refractivity contribution in [3.05, 3.63) is 88.6 Å². The van der Waals surface area contributed by atoms with Gasteiger partial charge >= 0.3 is 6.18 Å². The molecule has 0 saturated heterocycles. The summed E-state index contributed by atoms with van der Waals surface area (Å²) in [6.07, 6.45) is -3.94. The number of phenolic OH excluding ortho intramolecular Hbond substituents is 1. The minimum Gasteiger partial charge on any atom is -0.507 e. The summed E-state index contributed by atoms with van der Waals surface area (Å²) < 4.78 is 53.7. The van der Waals surface area contributed by atoms with Crippen LogP contribution in [-0.4, -0.2) is 14.9 Å². The maximum absolute atomic E-state index is 13.9. The molecule has 1 N–H and O–H groups in total. The number of aryl methyl sites for hydroxylation is 2. The van der Waals surface area contributed by atoms with Crippen LogP contribution < -0.4 is 9.47 Å². The molecule has 0 atom stereocenters. The van der Waals surface area contributed by atoms with Crippen molar-refractivity contribution in [3.8, 4) is 34.3 Å². The molecule has 9 heteroatoms. The highest BCUT2D eigenvalue weighted by molar-refractivity contribution is 6.30. The Hall–Kier alpha value is -3.65. The van der Waals surface area contributed by atoms with Crippen LogP contribution in [0.5, 0.6) is 23.0 Å². The van der Waals surface area contributed by atoms with E-state index in [9.17, 15) is 18.3 Å². The summed E-state index contributed by atoms with van der Waals surface area (Å²) in [7, 11) is 1.18. The van der Waals surface area contributed by atoms with Gasteiger partial charge in [-0.2, -0.15) is 18.3 Å². The molecule has 0 bridgehead atoms. The molecular weight excluding hydrogens is 481 g/mol. The molecule has 1 aromatic heterocycles. The summed E-state index contributed by atoms with van der Waals surface area (Å²) in [6, 6.07) is 18.2. The molecule has 0 aliphatic rings. The zero-order valence-corrected chi connectivity index (χ0v) is 19.7. The molecule has 182 valence electrons. The van der Waals surface area contributed by atoms with Crippen LogP contribution in [-0.2, 0) is 26.3 Å². The normalized spacial score (nSPS) is 11.5. The van der Waals surface area contributed by atoms with Crippen molar-refractivity contribution < 1.29 is 27.8 Å². The lowest BCUT2D eigenvalue weighted by atomic mass is 10.1. The summed E-state index contributed by atoms with van der Waals surface area (Å²) >= 11 is 5.88. The number of nitrogens with zero attached hydrogens (tertiary/aromatic N) is 2. The first kappa shape index (κ1) is 24.5. The third kappa shape index (κ3) is 5.54. The second kappa shape index (κ2) is 9.92. The average Bonchev–Trinajstić information content (AvgIpc) is 3.15. The second-order valence-corrected chi connectivity index (χ2v) is 8.28. The molecule has 5 nitrogen and oxygen atoms in total. The minimum absolute atomic E-state index is 0.0788. The van der Waals surface area contributed by atoms with Gasteiger partial charge in [-0.1, -0.05) is 42.8 Å². The van der Waals surface area contributed by atoms with E-state index >= 15 is 0 Å². The highest BCUT2D eigenvalue weighted by atomic mass is 35.5. The van der Waals surface area contributed by atoms with Crippen LogP contribution in [0, 0.1) is 0 Å². The zero-order chi connectivity index (χ0) is 25.2. The van der Waals surface area contributed by atoms with Gasteiger partial charge in [0, 0.05) is 23.7 Å². The monoisotopic (exact) mass is 502 g/mol. The number of halogens is 4. The Morgan fingerprint density at radius 3 is 2.17 bits per heavy atom. The molecule has 0 fully saturated rings. The van der Waals surface area contributed by atoms with Crippen LogP contribution in [0.15, 0.2) is 66.7 Å². The lowest BCUT2D eigenvalue weighted by Gasteiger charge is -2.13. The summed E-state index contributed by atoms with van der Waals surface area (Å²) in [5.74, 6) is -0.221. The number of ether oxygens (including phenoxy) is 2. The quantitative estimate of drug-likeness (QED) is 0.286. The van der Waals surface area contributed by atoms with Crippen molar-refractivity contribution in [1.82, 2.24) is 9.78 Å². The van der Waals surface area contributed by atoms with Crippen LogP contribution in [0.3, 0.4) is 0 Å². The zero-order valence-electron chi connectivity index (χ0n) is 18.9. The lowest BCUT2D eigenvalue weighted by molar-refractivity contribution is -0.144. The van der Waals surface area contributed by atoms with Gasteiger partial charge in [-0.05, 0) is 53.9 Å². The predicted octanol–water partition coefficient (Wildman–Crippen LogP) is 7.40. The second-order valence-electron chi connectivity index (χ2n) is 7.84. The van der Waals surface area contributed by atoms with E-state index in [1.54, 1.807) is 54.6 Å². The van der Waals surface area contributed by atoms with Crippen molar-refractivity contribution >= 4 is 11.6 Å². The number of hydrogen-bond acceptors (Lipinski definition) is 4. The summed E-state index contributed by atoms with van der Waals surface area (Å²) in [5.41, 5.74) is 0.764. The number of aromatic nitrogens is 2. The number of phenols is 1. The van der Waals surface area contributed by atoms with Crippen LogP contribution in [0.4, 0.5) is 13.2 Å². The maximum Gasteiger partial charge on any atom is 0.436 e. The molecule has 0 amide bonds. The Morgan fingerprint density at radius 1 is 0.943 bits per heavy atom. The molecule has 35 heavy (non-hydrogen) atoms. The number of hydrogen-bond donors (Lipinski definition) is 1. The first-order valence-electron chi connectivity index (χ1n) is 10.8. The molecule has 0 saturated carbocycles. The third-order valence-electron chi connectivity index (χ3n) is 5.37. The van der Waals surface area contributed by atoms with E-state index in [2.05, 4.69) is 5.10 Å². The van der Waals surface area contributed by atoms with Crippen molar-refractivity contribution in [2.45, 2.75) is 26.1 Å². The number of benzene rings is 3. The lowest BCUT2D eigenvalue weighted by Crippen LogP contribution is -2.12. The summed E-state index contributed by atoms with van der Waals surface area (Å²) in [6.45, 7) is 2.20. The molecule has 1 heterocycles. The standard InChI is InChI=1S/C26H22ClF3N2O3/c1-3-16-6-10-19(11-7-16)35-24-23(31-32(2)25(24)26(28,29)30)21-13-12-20(14-22(21)33)34-15-17-4-8-18(27)9-5-17/h4-14,33H,3,15H2,1-2H3. The summed E-state index contributed by atoms with van der Waals surface area (Å²) in [4.78, 5) is 0.